The van der Waals surface area contributed by atoms with Gasteiger partial charge in [-0.1, -0.05) is 66.2 Å². The first-order valence-corrected chi connectivity index (χ1v) is 29.9. The molecule has 0 spiro atoms. The molecule has 4 heterocycles. The molecule has 30 atom stereocenters. The summed E-state index contributed by atoms with van der Waals surface area (Å²) in [6, 6.07) is 0. The molecule has 9 rings (SSSR count). The van der Waals surface area contributed by atoms with E-state index in [1.165, 1.54) is 12.5 Å². The fraction of sp³-hybridized carbons (Fsp3) is 0.898. The number of ether oxygens (including phenoxy) is 9. The number of esters is 1. The zero-order valence-electron chi connectivity index (χ0n) is 49.7. The molecule has 14 N–H and O–H groups in total. The molecule has 4 saturated heterocycles. The number of carboxylic acids is 1. The number of carbonyl (C=O) groups is 2. The topological polar surface area (TPSA) is 400 Å². The van der Waals surface area contributed by atoms with Crippen LogP contribution in [-0.2, 0) is 52.2 Å². The van der Waals surface area contributed by atoms with Gasteiger partial charge in [0, 0.05) is 5.57 Å². The fourth-order valence-electron chi connectivity index (χ4n) is 17.3. The number of hydrogen-bond donors (Lipinski definition) is 14. The molecule has 9 aliphatic rings. The minimum Gasteiger partial charge on any atom is -0.479 e. The van der Waals surface area contributed by atoms with E-state index in [9.17, 15) is 81.1 Å². The van der Waals surface area contributed by atoms with Crippen LogP contribution in [0.2, 0.25) is 0 Å². The smallest absolute Gasteiger partial charge is 0.335 e. The van der Waals surface area contributed by atoms with Gasteiger partial charge in [-0.25, -0.2) is 9.59 Å². The number of aliphatic hydroxyl groups is 13. The van der Waals surface area contributed by atoms with Crippen molar-refractivity contribution in [1.82, 2.24) is 0 Å². The van der Waals surface area contributed by atoms with Crippen molar-refractivity contribution in [3.63, 3.8) is 0 Å². The summed E-state index contributed by atoms with van der Waals surface area (Å²) in [6.45, 7) is 18.0. The number of fused-ring (bicyclic) bond motifs is 7. The third-order valence-corrected chi connectivity index (χ3v) is 22.5. The summed E-state index contributed by atoms with van der Waals surface area (Å²) in [4.78, 5) is 26.9. The number of allylic oxidation sites excluding steroid dienone is 3. The van der Waals surface area contributed by atoms with Gasteiger partial charge in [0.25, 0.3) is 0 Å². The summed E-state index contributed by atoms with van der Waals surface area (Å²) in [5.41, 5.74) is -1.79. The highest BCUT2D eigenvalue weighted by atomic mass is 16.8. The molecule has 3 unspecified atom stereocenters. The Morgan fingerprint density at radius 3 is 1.77 bits per heavy atom. The molecule has 84 heavy (non-hydrogen) atoms. The average Bonchev–Trinajstić information content (AvgIpc) is 1.06. The van der Waals surface area contributed by atoms with Crippen LogP contribution in [0.4, 0.5) is 0 Å². The summed E-state index contributed by atoms with van der Waals surface area (Å²) < 4.78 is 54.8. The highest BCUT2D eigenvalue weighted by molar-refractivity contribution is 5.87. The van der Waals surface area contributed by atoms with Gasteiger partial charge in [-0.2, -0.15) is 0 Å². The van der Waals surface area contributed by atoms with E-state index in [-0.39, 0.29) is 40.6 Å². The van der Waals surface area contributed by atoms with E-state index in [0.29, 0.717) is 50.5 Å². The molecule has 4 saturated carbocycles. The average molecular weight is 1200 g/mol. The predicted octanol–water partition coefficient (Wildman–Crippen LogP) is -0.983. The summed E-state index contributed by atoms with van der Waals surface area (Å²) in [7, 11) is 0. The number of aliphatic hydroxyl groups excluding tert-OH is 13. The normalized spacial score (nSPS) is 51.9. The summed E-state index contributed by atoms with van der Waals surface area (Å²) in [5, 5.41) is 155. The van der Waals surface area contributed by atoms with Gasteiger partial charge in [0.2, 0.25) is 0 Å². The van der Waals surface area contributed by atoms with Gasteiger partial charge in [0.05, 0.1) is 43.5 Å². The second-order valence-electron chi connectivity index (χ2n) is 27.9. The van der Waals surface area contributed by atoms with Crippen LogP contribution < -0.4 is 0 Å². The standard InChI is InChI=1S/C59H94O25/c1-11-24(2)49(75)79-34-20-54(4,5)18-27-26-12-13-31-56(8)16-15-33(55(6,7)30(56)14-17-57(31,9)58(26,10)19-32(63)59(27,34)23-62)80-53-46(83-50-41(70)38(67)35(64)25(3)76-50)43(72)44(47(84-53)48(73)74)81-52-45(40(69)37(66)29(22-61)78-52)82-51-42(71)39(68)36(65)28(21-60)77-51/h11-12,25,27-47,50-53,60-72H,13-23H2,1-10H3,(H,73,74)/b24-11-/t25-,27-,28+,29+,30?,31?,32+,33-,34-,35-,36+,37-,38+,39-,40-,41+,42+,43-,44-,45+,46+,47-,50?,51-,52-,53+,56-,57+,58+,59-/m0/s1. The molecule has 0 amide bonds. The first-order valence-electron chi connectivity index (χ1n) is 29.9. The SMILES string of the molecule is C/C=C(/C)C(=O)O[C@H]1CC(C)(C)C[C@H]2C3=CCC4[C@@]5(C)CC[C@H](O[C@@H]6O[C@H](C(=O)O)[C@@H](O[C@@H]7O[C@H](CO)[C@H](O)[C@H](O)[C@H]7O[C@@H]7O[C@H](CO)[C@@H](O)[C@H](O)[C@H]7O)[C@H](O)[C@H]6OC6O[C@@H](C)[C@H](O)[C@@H](O)[C@H]6O)C(C)(C)C5CC[C@@]4(C)[C@]3(C)C[C@@H](O)[C@@]12CO. The number of rotatable bonds is 14. The Kier molecular flexibility index (Phi) is 18.9. The maximum absolute atomic E-state index is 13.5. The zero-order valence-corrected chi connectivity index (χ0v) is 49.7. The summed E-state index contributed by atoms with van der Waals surface area (Å²) in [5.74, 6) is -2.46. The van der Waals surface area contributed by atoms with E-state index >= 15 is 0 Å². The van der Waals surface area contributed by atoms with Crippen LogP contribution >= 0.6 is 0 Å². The molecule has 0 aromatic heterocycles. The molecule has 5 aliphatic carbocycles. The van der Waals surface area contributed by atoms with Crippen molar-refractivity contribution >= 4 is 11.9 Å². The Hall–Kier alpha value is -2.42. The third-order valence-electron chi connectivity index (χ3n) is 22.5. The van der Waals surface area contributed by atoms with Gasteiger partial charge in [0.1, 0.15) is 91.6 Å². The van der Waals surface area contributed by atoms with E-state index in [2.05, 4.69) is 54.5 Å². The molecule has 8 fully saturated rings. The van der Waals surface area contributed by atoms with Gasteiger partial charge in [-0.3, -0.25) is 0 Å². The number of hydrogen-bond acceptors (Lipinski definition) is 24. The van der Waals surface area contributed by atoms with Crippen LogP contribution in [0.3, 0.4) is 0 Å². The Morgan fingerprint density at radius 2 is 1.18 bits per heavy atom. The molecule has 4 aliphatic heterocycles. The maximum atomic E-state index is 13.5. The third kappa shape index (κ3) is 10.8. The minimum absolute atomic E-state index is 0.0526. The second kappa shape index (κ2) is 24.1. The van der Waals surface area contributed by atoms with Crippen LogP contribution in [0.5, 0.6) is 0 Å². The molecule has 25 nitrogen and oxygen atoms in total. The maximum Gasteiger partial charge on any atom is 0.335 e. The highest BCUT2D eigenvalue weighted by Gasteiger charge is 2.72. The summed E-state index contributed by atoms with van der Waals surface area (Å²) >= 11 is 0. The summed E-state index contributed by atoms with van der Waals surface area (Å²) in [6.07, 6.45) is -31.3. The van der Waals surface area contributed by atoms with E-state index in [4.69, 9.17) is 42.6 Å². The molecule has 480 valence electrons. The first kappa shape index (κ1) is 66.0. The van der Waals surface area contributed by atoms with Gasteiger partial charge in [0.15, 0.2) is 31.3 Å². The first-order chi connectivity index (χ1) is 39.2. The van der Waals surface area contributed by atoms with Crippen LogP contribution in [0.15, 0.2) is 23.3 Å². The zero-order chi connectivity index (χ0) is 61.9. The lowest BCUT2D eigenvalue weighted by molar-refractivity contribution is -0.401. The minimum atomic E-state index is -2.18. The molecular weight excluding hydrogens is 1110 g/mol. The van der Waals surface area contributed by atoms with E-state index in [1.807, 2.05) is 0 Å². The fourth-order valence-corrected chi connectivity index (χ4v) is 17.3. The number of aliphatic carboxylic acids is 1. The van der Waals surface area contributed by atoms with Crippen molar-refractivity contribution in [1.29, 1.82) is 0 Å². The van der Waals surface area contributed by atoms with Crippen molar-refractivity contribution in [2.45, 2.75) is 262 Å². The van der Waals surface area contributed by atoms with Crippen LogP contribution in [-0.4, -0.2) is 244 Å². The number of carboxylic acid groups (broad SMARTS) is 1. The molecule has 0 aromatic carbocycles. The number of carbonyl (C=O) groups excluding carboxylic acids is 1. The van der Waals surface area contributed by atoms with E-state index in [0.717, 1.165) is 6.42 Å². The monoisotopic (exact) mass is 1200 g/mol. The van der Waals surface area contributed by atoms with Crippen molar-refractivity contribution in [2.75, 3.05) is 19.8 Å². The van der Waals surface area contributed by atoms with Gasteiger partial charge >= 0.3 is 11.9 Å². The molecular formula is C59H94O25. The molecule has 25 heteroatoms. The van der Waals surface area contributed by atoms with E-state index < -0.39 is 183 Å². The quantitative estimate of drug-likeness (QED) is 0.0430. The second-order valence-corrected chi connectivity index (χ2v) is 27.9. The lowest BCUT2D eigenvalue weighted by Crippen LogP contribution is -2.70. The molecule has 0 bridgehead atoms. The van der Waals surface area contributed by atoms with E-state index in [1.54, 1.807) is 19.9 Å². The Bertz CT molecular complexity index is 2420. The van der Waals surface area contributed by atoms with Crippen LogP contribution in [0, 0.1) is 50.2 Å². The Labute approximate surface area is 489 Å². The van der Waals surface area contributed by atoms with Crippen LogP contribution in [0.25, 0.3) is 0 Å². The Balaban J connectivity index is 1.01. The van der Waals surface area contributed by atoms with Gasteiger partial charge in [-0.05, 0) is 117 Å². The van der Waals surface area contributed by atoms with Crippen molar-refractivity contribution < 1.29 is 124 Å². The predicted molar refractivity (Wildman–Crippen MR) is 288 cm³/mol. The van der Waals surface area contributed by atoms with Crippen molar-refractivity contribution in [2.24, 2.45) is 50.2 Å². The van der Waals surface area contributed by atoms with Crippen molar-refractivity contribution in [3.05, 3.63) is 23.3 Å². The molecule has 0 aromatic rings. The Morgan fingerprint density at radius 1 is 0.619 bits per heavy atom. The van der Waals surface area contributed by atoms with Crippen LogP contribution in [0.1, 0.15) is 121 Å². The highest BCUT2D eigenvalue weighted by Crippen LogP contribution is 2.76. The largest absolute Gasteiger partial charge is 0.479 e. The van der Waals surface area contributed by atoms with Gasteiger partial charge < -0.3 is 114 Å². The lowest BCUT2D eigenvalue weighted by Gasteiger charge is -2.72. The van der Waals surface area contributed by atoms with Gasteiger partial charge in [-0.15, -0.1) is 0 Å². The molecule has 0 radical (unpaired) electrons. The van der Waals surface area contributed by atoms with Crippen molar-refractivity contribution in [3.8, 4) is 0 Å². The lowest BCUT2D eigenvalue weighted by atomic mass is 9.33.